The Hall–Kier alpha value is -3.06. The van der Waals surface area contributed by atoms with E-state index >= 15 is 0 Å². The smallest absolute Gasteiger partial charge is 0.243 e. The van der Waals surface area contributed by atoms with Gasteiger partial charge in [-0.2, -0.15) is 0 Å². The van der Waals surface area contributed by atoms with Crippen LogP contribution in [0.5, 0.6) is 5.75 Å². The van der Waals surface area contributed by atoms with Gasteiger partial charge in [0, 0.05) is 23.9 Å². The van der Waals surface area contributed by atoms with Gasteiger partial charge in [0.1, 0.15) is 12.4 Å². The lowest BCUT2D eigenvalue weighted by molar-refractivity contribution is -0.119. The maximum Gasteiger partial charge on any atom is 0.243 e. The first-order valence-electron chi connectivity index (χ1n) is 10.3. The maximum atomic E-state index is 12.4. The molecule has 2 aromatic carbocycles. The van der Waals surface area contributed by atoms with Gasteiger partial charge in [-0.25, -0.2) is 0 Å². The highest BCUT2D eigenvalue weighted by Gasteiger charge is 2.17. The molecule has 7 heteroatoms. The molecule has 0 aromatic heterocycles. The summed E-state index contributed by atoms with van der Waals surface area (Å²) in [7, 11) is 0. The number of benzene rings is 2. The van der Waals surface area contributed by atoms with Crippen molar-refractivity contribution < 1.29 is 19.1 Å². The highest BCUT2D eigenvalue weighted by molar-refractivity contribution is 5.95. The van der Waals surface area contributed by atoms with Crippen molar-refractivity contribution in [2.24, 2.45) is 5.92 Å². The molecule has 1 aliphatic heterocycles. The Morgan fingerprint density at radius 2 is 1.90 bits per heavy atom. The third-order valence-corrected chi connectivity index (χ3v) is 4.72. The molecule has 0 spiro atoms. The monoisotopic (exact) mass is 411 g/mol. The lowest BCUT2D eigenvalue weighted by atomic mass is 10.2. The topological polar surface area (TPSA) is 88.7 Å². The number of hydrogen-bond acceptors (Lipinski definition) is 5. The molecule has 3 rings (SSSR count). The fourth-order valence-corrected chi connectivity index (χ4v) is 3.02. The van der Waals surface area contributed by atoms with Gasteiger partial charge in [-0.1, -0.05) is 32.0 Å². The molecule has 1 unspecified atom stereocenters. The van der Waals surface area contributed by atoms with Crippen LogP contribution in [-0.4, -0.2) is 37.7 Å². The van der Waals surface area contributed by atoms with Crippen molar-refractivity contribution in [3.63, 3.8) is 0 Å². The summed E-state index contributed by atoms with van der Waals surface area (Å²) in [6, 6.07) is 14.6. The van der Waals surface area contributed by atoms with Crippen molar-refractivity contribution in [1.29, 1.82) is 0 Å². The summed E-state index contributed by atoms with van der Waals surface area (Å²) < 4.78 is 11.4. The van der Waals surface area contributed by atoms with E-state index in [1.54, 1.807) is 6.07 Å². The molecule has 1 atom stereocenters. The second-order valence-corrected chi connectivity index (χ2v) is 7.57. The van der Waals surface area contributed by atoms with E-state index < -0.39 is 0 Å². The Labute approximate surface area is 177 Å². The highest BCUT2D eigenvalue weighted by atomic mass is 16.5. The number of nitrogens with one attached hydrogen (secondary N) is 3. The number of hydrogen-bond donors (Lipinski definition) is 3. The van der Waals surface area contributed by atoms with Gasteiger partial charge in [0.2, 0.25) is 11.8 Å². The average Bonchev–Trinajstić information content (AvgIpc) is 3.25. The summed E-state index contributed by atoms with van der Waals surface area (Å²) in [6.07, 6.45) is 2.16. The van der Waals surface area contributed by atoms with Crippen LogP contribution in [0, 0.1) is 5.92 Å². The number of carbonyl (C=O) groups is 2. The standard InChI is InChI=1S/C23H29N3O4/c1-16(2)23(28)25-18-8-5-7-17(13-18)24-14-22(27)26-20-10-3-4-11-21(20)30-15-19-9-6-12-29-19/h3-5,7-8,10-11,13,16,19,24H,6,9,12,14-15H2,1-2H3,(H,25,28)(H,26,27). The zero-order valence-corrected chi connectivity index (χ0v) is 17.4. The molecule has 2 aromatic rings. The third-order valence-electron chi connectivity index (χ3n) is 4.72. The van der Waals surface area contributed by atoms with Crippen molar-refractivity contribution in [2.45, 2.75) is 32.8 Å². The third kappa shape index (κ3) is 6.49. The van der Waals surface area contributed by atoms with Gasteiger partial charge in [-0.05, 0) is 43.2 Å². The van der Waals surface area contributed by atoms with E-state index in [2.05, 4.69) is 16.0 Å². The largest absolute Gasteiger partial charge is 0.489 e. The van der Waals surface area contributed by atoms with E-state index in [0.29, 0.717) is 23.7 Å². The minimum atomic E-state index is -0.195. The zero-order chi connectivity index (χ0) is 21.3. The summed E-state index contributed by atoms with van der Waals surface area (Å²) in [6.45, 7) is 5.01. The summed E-state index contributed by atoms with van der Waals surface area (Å²) in [4.78, 5) is 24.3. The second kappa shape index (κ2) is 10.6. The lowest BCUT2D eigenvalue weighted by Crippen LogP contribution is -2.23. The molecule has 3 N–H and O–H groups in total. The van der Waals surface area contributed by atoms with Gasteiger partial charge in [0.15, 0.2) is 0 Å². The number of ether oxygens (including phenoxy) is 2. The van der Waals surface area contributed by atoms with Gasteiger partial charge < -0.3 is 25.4 Å². The first kappa shape index (κ1) is 21.6. The number of para-hydroxylation sites is 2. The van der Waals surface area contributed by atoms with Crippen LogP contribution in [0.15, 0.2) is 48.5 Å². The molecule has 1 aliphatic rings. The van der Waals surface area contributed by atoms with Gasteiger partial charge in [-0.3, -0.25) is 9.59 Å². The lowest BCUT2D eigenvalue weighted by Gasteiger charge is -2.15. The summed E-state index contributed by atoms with van der Waals surface area (Å²) in [5.74, 6) is 0.277. The molecule has 30 heavy (non-hydrogen) atoms. The molecule has 7 nitrogen and oxygen atoms in total. The molecular formula is C23H29N3O4. The van der Waals surface area contributed by atoms with Crippen LogP contribution in [0.2, 0.25) is 0 Å². The van der Waals surface area contributed by atoms with Crippen molar-refractivity contribution in [1.82, 2.24) is 0 Å². The molecule has 0 bridgehead atoms. The summed E-state index contributed by atoms with van der Waals surface area (Å²) in [5.41, 5.74) is 2.06. The molecule has 0 aliphatic carbocycles. The Kier molecular flexibility index (Phi) is 7.68. The SMILES string of the molecule is CC(C)C(=O)Nc1cccc(NCC(=O)Nc2ccccc2OCC2CCCO2)c1. The Morgan fingerprint density at radius 1 is 1.10 bits per heavy atom. The number of carbonyl (C=O) groups excluding carboxylic acids is 2. The summed E-state index contributed by atoms with van der Waals surface area (Å²) >= 11 is 0. The van der Waals surface area contributed by atoms with Crippen molar-refractivity contribution in [2.75, 3.05) is 35.7 Å². The van der Waals surface area contributed by atoms with Crippen LogP contribution in [-0.2, 0) is 14.3 Å². The normalized spacial score (nSPS) is 15.6. The van der Waals surface area contributed by atoms with Crippen LogP contribution in [0.25, 0.3) is 0 Å². The molecule has 1 saturated heterocycles. The molecule has 0 radical (unpaired) electrons. The minimum Gasteiger partial charge on any atom is -0.489 e. The molecule has 160 valence electrons. The molecular weight excluding hydrogens is 382 g/mol. The van der Waals surface area contributed by atoms with Crippen LogP contribution in [0.1, 0.15) is 26.7 Å². The fraction of sp³-hybridized carbons (Fsp3) is 0.391. The van der Waals surface area contributed by atoms with E-state index in [1.165, 1.54) is 0 Å². The number of anilines is 3. The first-order valence-corrected chi connectivity index (χ1v) is 10.3. The molecule has 0 saturated carbocycles. The molecule has 2 amide bonds. The fourth-order valence-electron chi connectivity index (χ4n) is 3.02. The van der Waals surface area contributed by atoms with Crippen molar-refractivity contribution in [3.05, 3.63) is 48.5 Å². The van der Waals surface area contributed by atoms with Crippen molar-refractivity contribution in [3.8, 4) is 5.75 Å². The Balaban J connectivity index is 1.52. The predicted octanol–water partition coefficient (Wildman–Crippen LogP) is 3.89. The van der Waals surface area contributed by atoms with Gasteiger partial charge in [0.05, 0.1) is 18.3 Å². The van der Waals surface area contributed by atoms with Crippen LogP contribution in [0.4, 0.5) is 17.1 Å². The van der Waals surface area contributed by atoms with Gasteiger partial charge in [-0.15, -0.1) is 0 Å². The van der Waals surface area contributed by atoms with Gasteiger partial charge in [0.25, 0.3) is 0 Å². The Morgan fingerprint density at radius 3 is 2.67 bits per heavy atom. The van der Waals surface area contributed by atoms with E-state index in [1.807, 2.05) is 56.3 Å². The first-order chi connectivity index (χ1) is 14.5. The number of rotatable bonds is 9. The predicted molar refractivity (Wildman–Crippen MR) is 118 cm³/mol. The van der Waals surface area contributed by atoms with Crippen molar-refractivity contribution >= 4 is 28.9 Å². The van der Waals surface area contributed by atoms with Crippen LogP contribution in [0.3, 0.4) is 0 Å². The van der Waals surface area contributed by atoms with E-state index in [9.17, 15) is 9.59 Å². The average molecular weight is 412 g/mol. The highest BCUT2D eigenvalue weighted by Crippen LogP contribution is 2.25. The van der Waals surface area contributed by atoms with E-state index in [0.717, 1.165) is 25.1 Å². The van der Waals surface area contributed by atoms with Gasteiger partial charge >= 0.3 is 0 Å². The zero-order valence-electron chi connectivity index (χ0n) is 17.4. The number of amides is 2. The Bertz CT molecular complexity index is 863. The molecule has 1 fully saturated rings. The molecule has 1 heterocycles. The van der Waals surface area contributed by atoms with E-state index in [4.69, 9.17) is 9.47 Å². The van der Waals surface area contributed by atoms with Crippen LogP contribution >= 0.6 is 0 Å². The minimum absolute atomic E-state index is 0.0514. The van der Waals surface area contributed by atoms with Crippen LogP contribution < -0.4 is 20.7 Å². The summed E-state index contributed by atoms with van der Waals surface area (Å²) in [5, 5.41) is 8.81. The quantitative estimate of drug-likeness (QED) is 0.583. The second-order valence-electron chi connectivity index (χ2n) is 7.57. The van der Waals surface area contributed by atoms with E-state index in [-0.39, 0.29) is 30.4 Å². The maximum absolute atomic E-state index is 12.4.